The summed E-state index contributed by atoms with van der Waals surface area (Å²) in [4.78, 5) is 15.6. The van der Waals surface area contributed by atoms with E-state index in [1.807, 2.05) is 6.07 Å². The molecule has 0 bridgehead atoms. The topological polar surface area (TPSA) is 54.1 Å². The number of halogens is 2. The molecule has 0 saturated carbocycles. The Hall–Kier alpha value is -2.53. The van der Waals surface area contributed by atoms with Gasteiger partial charge in [0.15, 0.2) is 6.04 Å². The van der Waals surface area contributed by atoms with Gasteiger partial charge in [0.25, 0.3) is 0 Å². The van der Waals surface area contributed by atoms with Crippen molar-refractivity contribution >= 4 is 34.2 Å². The van der Waals surface area contributed by atoms with Gasteiger partial charge in [0, 0.05) is 33.4 Å². The average Bonchev–Trinajstić information content (AvgIpc) is 2.97. The van der Waals surface area contributed by atoms with Crippen LogP contribution in [0.4, 0.5) is 10.1 Å². The van der Waals surface area contributed by atoms with E-state index in [2.05, 4.69) is 10.3 Å². The van der Waals surface area contributed by atoms with Crippen LogP contribution in [0.25, 0.3) is 10.9 Å². The highest BCUT2D eigenvalue weighted by Gasteiger charge is 2.25. The van der Waals surface area contributed by atoms with Crippen molar-refractivity contribution in [2.24, 2.45) is 0 Å². The van der Waals surface area contributed by atoms with E-state index in [4.69, 9.17) is 16.3 Å². The van der Waals surface area contributed by atoms with Crippen LogP contribution in [0.1, 0.15) is 18.5 Å². The van der Waals surface area contributed by atoms with Gasteiger partial charge in [-0.2, -0.15) is 0 Å². The van der Waals surface area contributed by atoms with E-state index < -0.39 is 12.0 Å². The Bertz CT molecular complexity index is 861. The van der Waals surface area contributed by atoms with Crippen molar-refractivity contribution < 1.29 is 13.9 Å². The molecular weight excluding hydrogens is 331 g/mol. The van der Waals surface area contributed by atoms with Crippen LogP contribution in [-0.4, -0.2) is 17.6 Å². The summed E-state index contributed by atoms with van der Waals surface area (Å²) in [6, 6.07) is 10.5. The molecule has 0 aliphatic rings. The quantitative estimate of drug-likeness (QED) is 0.660. The Morgan fingerprint density at radius 3 is 2.75 bits per heavy atom. The third-order valence-electron chi connectivity index (χ3n) is 3.66. The third kappa shape index (κ3) is 3.36. The Labute approximate surface area is 143 Å². The monoisotopic (exact) mass is 346 g/mol. The van der Waals surface area contributed by atoms with Crippen LogP contribution in [0.5, 0.6) is 0 Å². The summed E-state index contributed by atoms with van der Waals surface area (Å²) in [6.45, 7) is 2.02. The van der Waals surface area contributed by atoms with Gasteiger partial charge in [-0.1, -0.05) is 11.6 Å². The van der Waals surface area contributed by atoms with E-state index in [1.54, 1.807) is 37.4 Å². The number of hydrogen-bond donors (Lipinski definition) is 2. The Morgan fingerprint density at radius 1 is 1.29 bits per heavy atom. The molecule has 2 aromatic carbocycles. The molecule has 2 N–H and O–H groups in total. The van der Waals surface area contributed by atoms with Crippen LogP contribution < -0.4 is 5.32 Å². The number of benzene rings is 2. The zero-order chi connectivity index (χ0) is 17.1. The van der Waals surface area contributed by atoms with Crippen LogP contribution in [0.15, 0.2) is 48.7 Å². The number of H-pyrrole nitrogens is 1. The SMILES string of the molecule is CCOC(=O)C(Nc1ccc(F)cc1)c1c[nH]c2ccc(Cl)cc12. The highest BCUT2D eigenvalue weighted by molar-refractivity contribution is 6.31. The minimum Gasteiger partial charge on any atom is -0.464 e. The summed E-state index contributed by atoms with van der Waals surface area (Å²) in [6.07, 6.45) is 1.75. The fourth-order valence-corrected chi connectivity index (χ4v) is 2.73. The molecule has 3 rings (SSSR count). The van der Waals surface area contributed by atoms with Gasteiger partial charge in [-0.25, -0.2) is 9.18 Å². The van der Waals surface area contributed by atoms with Gasteiger partial charge in [-0.3, -0.25) is 0 Å². The highest BCUT2D eigenvalue weighted by Crippen LogP contribution is 2.30. The molecule has 0 aliphatic carbocycles. The van der Waals surface area contributed by atoms with Gasteiger partial charge in [-0.15, -0.1) is 0 Å². The second-order valence-electron chi connectivity index (χ2n) is 5.27. The lowest BCUT2D eigenvalue weighted by atomic mass is 10.1. The smallest absolute Gasteiger partial charge is 0.333 e. The molecule has 24 heavy (non-hydrogen) atoms. The largest absolute Gasteiger partial charge is 0.464 e. The number of rotatable bonds is 5. The second-order valence-corrected chi connectivity index (χ2v) is 5.71. The molecule has 4 nitrogen and oxygen atoms in total. The number of esters is 1. The number of hydrogen-bond acceptors (Lipinski definition) is 3. The molecule has 0 saturated heterocycles. The molecule has 1 unspecified atom stereocenters. The lowest BCUT2D eigenvalue weighted by Crippen LogP contribution is -2.23. The maximum absolute atomic E-state index is 13.1. The summed E-state index contributed by atoms with van der Waals surface area (Å²) in [5.41, 5.74) is 2.20. The molecule has 1 heterocycles. The number of anilines is 1. The van der Waals surface area contributed by atoms with E-state index >= 15 is 0 Å². The molecule has 1 aromatic heterocycles. The molecule has 0 fully saturated rings. The second kappa shape index (κ2) is 6.93. The molecule has 0 amide bonds. The Balaban J connectivity index is 2.01. The molecule has 0 aliphatic heterocycles. The first kappa shape index (κ1) is 16.3. The van der Waals surface area contributed by atoms with E-state index in [0.717, 1.165) is 16.5 Å². The van der Waals surface area contributed by atoms with Crippen molar-refractivity contribution in [3.05, 3.63) is 65.1 Å². The standard InChI is InChI=1S/C18H16ClFN2O2/c1-2-24-18(23)17(22-13-6-4-12(20)5-7-13)15-10-21-16-8-3-11(19)9-14(15)16/h3-10,17,21-22H,2H2,1H3. The van der Waals surface area contributed by atoms with Crippen LogP contribution in [0.2, 0.25) is 5.02 Å². The van der Waals surface area contributed by atoms with E-state index in [9.17, 15) is 9.18 Å². The normalized spacial score (nSPS) is 12.1. The van der Waals surface area contributed by atoms with E-state index in [-0.39, 0.29) is 12.4 Å². The summed E-state index contributed by atoms with van der Waals surface area (Å²) < 4.78 is 18.3. The number of nitrogens with one attached hydrogen (secondary N) is 2. The zero-order valence-corrected chi connectivity index (χ0v) is 13.7. The number of aromatic amines is 1. The van der Waals surface area contributed by atoms with E-state index in [1.165, 1.54) is 12.1 Å². The highest BCUT2D eigenvalue weighted by atomic mass is 35.5. The number of ether oxygens (including phenoxy) is 1. The van der Waals surface area contributed by atoms with Gasteiger partial charge >= 0.3 is 5.97 Å². The number of carbonyl (C=O) groups excluding carboxylic acids is 1. The molecule has 0 radical (unpaired) electrons. The zero-order valence-electron chi connectivity index (χ0n) is 13.0. The Kier molecular flexibility index (Phi) is 4.71. The predicted molar refractivity (Wildman–Crippen MR) is 92.7 cm³/mol. The van der Waals surface area contributed by atoms with Gasteiger partial charge in [-0.05, 0) is 49.4 Å². The minimum atomic E-state index is -0.734. The van der Waals surface area contributed by atoms with Crippen molar-refractivity contribution in [3.63, 3.8) is 0 Å². The van der Waals surface area contributed by atoms with Crippen molar-refractivity contribution in [1.82, 2.24) is 4.98 Å². The van der Waals surface area contributed by atoms with Crippen molar-refractivity contribution in [2.75, 3.05) is 11.9 Å². The molecule has 6 heteroatoms. The van der Waals surface area contributed by atoms with Crippen molar-refractivity contribution in [1.29, 1.82) is 0 Å². The fraction of sp³-hybridized carbons (Fsp3) is 0.167. The first-order valence-corrected chi connectivity index (χ1v) is 7.91. The number of fused-ring (bicyclic) bond motifs is 1. The van der Waals surface area contributed by atoms with Crippen LogP contribution in [0.3, 0.4) is 0 Å². The predicted octanol–water partition coefficient (Wildman–Crippen LogP) is 4.68. The summed E-state index contributed by atoms with van der Waals surface area (Å²) in [7, 11) is 0. The molecule has 1 atom stereocenters. The van der Waals surface area contributed by atoms with Gasteiger partial charge in [0.1, 0.15) is 5.82 Å². The van der Waals surface area contributed by atoms with Gasteiger partial charge < -0.3 is 15.0 Å². The molecule has 3 aromatic rings. The minimum absolute atomic E-state index is 0.267. The molecular formula is C18H16ClFN2O2. The first-order chi connectivity index (χ1) is 11.6. The Morgan fingerprint density at radius 2 is 2.04 bits per heavy atom. The third-order valence-corrected chi connectivity index (χ3v) is 3.90. The summed E-state index contributed by atoms with van der Waals surface area (Å²) in [5.74, 6) is -0.755. The van der Waals surface area contributed by atoms with Crippen LogP contribution in [-0.2, 0) is 9.53 Å². The van der Waals surface area contributed by atoms with Crippen LogP contribution in [0, 0.1) is 5.82 Å². The lowest BCUT2D eigenvalue weighted by molar-refractivity contribution is -0.144. The summed E-state index contributed by atoms with van der Waals surface area (Å²) >= 11 is 6.08. The maximum Gasteiger partial charge on any atom is 0.333 e. The van der Waals surface area contributed by atoms with Crippen molar-refractivity contribution in [2.45, 2.75) is 13.0 Å². The average molecular weight is 347 g/mol. The van der Waals surface area contributed by atoms with Gasteiger partial charge in [0.05, 0.1) is 6.61 Å². The fourth-order valence-electron chi connectivity index (χ4n) is 2.56. The van der Waals surface area contributed by atoms with Crippen LogP contribution >= 0.6 is 11.6 Å². The van der Waals surface area contributed by atoms with E-state index in [0.29, 0.717) is 10.7 Å². The number of aromatic nitrogens is 1. The van der Waals surface area contributed by atoms with Gasteiger partial charge in [0.2, 0.25) is 0 Å². The lowest BCUT2D eigenvalue weighted by Gasteiger charge is -2.18. The van der Waals surface area contributed by atoms with Crippen molar-refractivity contribution in [3.8, 4) is 0 Å². The summed E-state index contributed by atoms with van der Waals surface area (Å²) in [5, 5.41) is 4.51. The number of carbonyl (C=O) groups is 1. The first-order valence-electron chi connectivity index (χ1n) is 7.53. The maximum atomic E-state index is 13.1. The molecule has 0 spiro atoms. The molecule has 124 valence electrons.